The van der Waals surface area contributed by atoms with Crippen molar-refractivity contribution in [3.8, 4) is 0 Å². The van der Waals surface area contributed by atoms with Gasteiger partial charge in [-0.3, -0.25) is 0 Å². The maximum atomic E-state index is 12.4. The number of nitrogens with one attached hydrogen (secondary N) is 1. The van der Waals surface area contributed by atoms with Crippen LogP contribution in [0.25, 0.3) is 0 Å². The molecular formula is C10H11F3N. The van der Waals surface area contributed by atoms with Crippen LogP contribution in [0.1, 0.15) is 18.9 Å². The summed E-state index contributed by atoms with van der Waals surface area (Å²) in [7, 11) is 0. The molecule has 1 nitrogen and oxygen atoms in total. The lowest BCUT2D eigenvalue weighted by Crippen LogP contribution is -2.11. The molecule has 14 heavy (non-hydrogen) atoms. The number of benzene rings is 1. The summed E-state index contributed by atoms with van der Waals surface area (Å²) in [6.45, 7) is 2.43. The summed E-state index contributed by atoms with van der Waals surface area (Å²) in [5.41, 5.74) is -0.536. The van der Waals surface area contributed by atoms with E-state index in [2.05, 4.69) is 11.4 Å². The molecule has 1 radical (unpaired) electrons. The fourth-order valence-electron chi connectivity index (χ4n) is 1.08. The molecule has 0 heterocycles. The maximum Gasteiger partial charge on any atom is 0.418 e. The highest BCUT2D eigenvalue weighted by Gasteiger charge is 2.32. The average molecular weight is 202 g/mol. The zero-order valence-corrected chi connectivity index (χ0v) is 7.78. The third-order valence-corrected chi connectivity index (χ3v) is 1.73. The van der Waals surface area contributed by atoms with Gasteiger partial charge < -0.3 is 5.32 Å². The normalized spacial score (nSPS) is 11.4. The Hall–Kier alpha value is -1.19. The van der Waals surface area contributed by atoms with Gasteiger partial charge >= 0.3 is 6.18 Å². The van der Waals surface area contributed by atoms with Crippen molar-refractivity contribution >= 4 is 5.69 Å². The minimum absolute atomic E-state index is 0.123. The Bertz CT molecular complexity index is 294. The van der Waals surface area contributed by atoms with E-state index in [-0.39, 0.29) is 5.69 Å². The minimum Gasteiger partial charge on any atom is -0.385 e. The van der Waals surface area contributed by atoms with Gasteiger partial charge in [-0.2, -0.15) is 13.2 Å². The van der Waals surface area contributed by atoms with E-state index in [0.717, 1.165) is 12.5 Å². The molecule has 0 saturated heterocycles. The lowest BCUT2D eigenvalue weighted by Gasteiger charge is -2.13. The Balaban J connectivity index is 2.92. The molecule has 1 N–H and O–H groups in total. The first-order chi connectivity index (χ1) is 6.55. The van der Waals surface area contributed by atoms with Crippen LogP contribution in [0.15, 0.2) is 18.2 Å². The molecule has 77 valence electrons. The van der Waals surface area contributed by atoms with Gasteiger partial charge in [0.05, 0.1) is 5.56 Å². The monoisotopic (exact) mass is 202 g/mol. The lowest BCUT2D eigenvalue weighted by atomic mass is 10.1. The largest absolute Gasteiger partial charge is 0.418 e. The van der Waals surface area contributed by atoms with Gasteiger partial charge in [0, 0.05) is 12.2 Å². The van der Waals surface area contributed by atoms with Crippen molar-refractivity contribution in [1.29, 1.82) is 0 Å². The van der Waals surface area contributed by atoms with E-state index in [1.165, 1.54) is 12.1 Å². The number of hydrogen-bond acceptors (Lipinski definition) is 1. The van der Waals surface area contributed by atoms with Crippen molar-refractivity contribution in [2.24, 2.45) is 0 Å². The van der Waals surface area contributed by atoms with Crippen LogP contribution in [0.2, 0.25) is 0 Å². The average Bonchev–Trinajstić information content (AvgIpc) is 2.14. The zero-order chi connectivity index (χ0) is 10.6. The molecule has 0 bridgehead atoms. The van der Waals surface area contributed by atoms with Gasteiger partial charge in [-0.1, -0.05) is 13.0 Å². The van der Waals surface area contributed by atoms with Crippen LogP contribution < -0.4 is 5.32 Å². The van der Waals surface area contributed by atoms with Crippen LogP contribution in [0.4, 0.5) is 18.9 Å². The molecular weight excluding hydrogens is 191 g/mol. The van der Waals surface area contributed by atoms with E-state index in [0.29, 0.717) is 6.54 Å². The van der Waals surface area contributed by atoms with Gasteiger partial charge in [0.15, 0.2) is 0 Å². The first kappa shape index (κ1) is 10.9. The highest BCUT2D eigenvalue weighted by molar-refractivity contribution is 5.52. The Kier molecular flexibility index (Phi) is 3.38. The van der Waals surface area contributed by atoms with Gasteiger partial charge in [0.25, 0.3) is 0 Å². The Morgan fingerprint density at radius 1 is 1.43 bits per heavy atom. The molecule has 0 aliphatic carbocycles. The molecule has 0 aliphatic heterocycles. The zero-order valence-electron chi connectivity index (χ0n) is 7.78. The first-order valence-corrected chi connectivity index (χ1v) is 4.37. The number of halogens is 3. The molecule has 0 fully saturated rings. The molecule has 0 amide bonds. The van der Waals surface area contributed by atoms with Gasteiger partial charge in [0.2, 0.25) is 0 Å². The molecule has 0 aliphatic rings. The predicted molar refractivity (Wildman–Crippen MR) is 49.1 cm³/mol. The molecule has 0 spiro atoms. The van der Waals surface area contributed by atoms with Crippen molar-refractivity contribution in [2.75, 3.05) is 11.9 Å². The van der Waals surface area contributed by atoms with Gasteiger partial charge in [-0.25, -0.2) is 0 Å². The van der Waals surface area contributed by atoms with E-state index in [1.807, 2.05) is 6.92 Å². The fraction of sp³-hybridized carbons (Fsp3) is 0.400. The van der Waals surface area contributed by atoms with E-state index in [1.54, 1.807) is 0 Å². The van der Waals surface area contributed by atoms with Crippen molar-refractivity contribution in [3.63, 3.8) is 0 Å². The quantitative estimate of drug-likeness (QED) is 0.792. The highest BCUT2D eigenvalue weighted by atomic mass is 19.4. The summed E-state index contributed by atoms with van der Waals surface area (Å²) >= 11 is 0. The van der Waals surface area contributed by atoms with Gasteiger partial charge in [-0.15, -0.1) is 0 Å². The second kappa shape index (κ2) is 4.35. The smallest absolute Gasteiger partial charge is 0.385 e. The number of alkyl halides is 3. The molecule has 0 aromatic heterocycles. The van der Waals surface area contributed by atoms with Crippen LogP contribution in [-0.2, 0) is 6.18 Å². The summed E-state index contributed by atoms with van der Waals surface area (Å²) in [6.07, 6.45) is -3.52. The second-order valence-electron chi connectivity index (χ2n) is 2.90. The van der Waals surface area contributed by atoms with Crippen molar-refractivity contribution < 1.29 is 13.2 Å². The molecule has 0 unspecified atom stereocenters. The highest BCUT2D eigenvalue weighted by Crippen LogP contribution is 2.34. The van der Waals surface area contributed by atoms with E-state index in [4.69, 9.17) is 0 Å². The van der Waals surface area contributed by atoms with Crippen LogP contribution in [0.3, 0.4) is 0 Å². The van der Waals surface area contributed by atoms with E-state index >= 15 is 0 Å². The van der Waals surface area contributed by atoms with Crippen LogP contribution in [-0.4, -0.2) is 6.54 Å². The fourth-order valence-corrected chi connectivity index (χ4v) is 1.08. The van der Waals surface area contributed by atoms with Crippen LogP contribution >= 0.6 is 0 Å². The third-order valence-electron chi connectivity index (χ3n) is 1.73. The molecule has 4 heteroatoms. The van der Waals surface area contributed by atoms with Crippen molar-refractivity contribution in [1.82, 2.24) is 0 Å². The van der Waals surface area contributed by atoms with Crippen molar-refractivity contribution in [3.05, 3.63) is 29.8 Å². The molecule has 0 atom stereocenters. The predicted octanol–water partition coefficient (Wildman–Crippen LogP) is 3.33. The Morgan fingerprint density at radius 3 is 2.71 bits per heavy atom. The number of anilines is 1. The summed E-state index contributed by atoms with van der Waals surface area (Å²) < 4.78 is 37.2. The molecule has 1 aromatic rings. The van der Waals surface area contributed by atoms with Crippen LogP contribution in [0, 0.1) is 6.07 Å². The van der Waals surface area contributed by atoms with Gasteiger partial charge in [-0.05, 0) is 24.6 Å². The summed E-state index contributed by atoms with van der Waals surface area (Å²) in [5, 5.41) is 2.73. The Labute approximate surface area is 80.9 Å². The first-order valence-electron chi connectivity index (χ1n) is 4.37. The molecule has 0 saturated carbocycles. The van der Waals surface area contributed by atoms with Crippen LogP contribution in [0.5, 0.6) is 0 Å². The number of hydrogen-bond donors (Lipinski definition) is 1. The summed E-state index contributed by atoms with van der Waals surface area (Å²) in [5.74, 6) is 0. The minimum atomic E-state index is -4.31. The van der Waals surface area contributed by atoms with E-state index in [9.17, 15) is 13.2 Å². The second-order valence-corrected chi connectivity index (χ2v) is 2.90. The summed E-state index contributed by atoms with van der Waals surface area (Å²) in [6, 6.07) is 6.23. The lowest BCUT2D eigenvalue weighted by molar-refractivity contribution is -0.137. The Morgan fingerprint density at radius 2 is 2.14 bits per heavy atom. The third kappa shape index (κ3) is 2.65. The SMILES string of the molecule is CCCNc1cc[c]cc1C(F)(F)F. The molecule has 1 aromatic carbocycles. The standard InChI is InChI=1S/C10H11F3N/c1-2-7-14-9-6-4-3-5-8(9)10(11,12)13/h4-6,14H,2,7H2,1H3. The molecule has 1 rings (SSSR count). The number of rotatable bonds is 3. The van der Waals surface area contributed by atoms with Crippen molar-refractivity contribution in [2.45, 2.75) is 19.5 Å². The van der Waals surface area contributed by atoms with Gasteiger partial charge in [0.1, 0.15) is 0 Å². The topological polar surface area (TPSA) is 12.0 Å². The van der Waals surface area contributed by atoms with E-state index < -0.39 is 11.7 Å². The maximum absolute atomic E-state index is 12.4. The summed E-state index contributed by atoms with van der Waals surface area (Å²) in [4.78, 5) is 0.